The first-order valence-electron chi connectivity index (χ1n) is 6.20. The summed E-state index contributed by atoms with van der Waals surface area (Å²) in [6.07, 6.45) is 1.78. The summed E-state index contributed by atoms with van der Waals surface area (Å²) in [6, 6.07) is 2.87. The first-order chi connectivity index (χ1) is 9.04. The lowest BCUT2D eigenvalue weighted by atomic mass is 9.99. The molecular weight excluding hydrogens is 270 g/mol. The highest BCUT2D eigenvalue weighted by Crippen LogP contribution is 2.22. The third kappa shape index (κ3) is 2.73. The van der Waals surface area contributed by atoms with E-state index in [2.05, 4.69) is 0 Å². The molecule has 19 heavy (non-hydrogen) atoms. The van der Waals surface area contributed by atoms with Gasteiger partial charge in [0, 0.05) is 25.0 Å². The molecule has 1 aliphatic rings. The number of carbonyl (C=O) groups excluding carboxylic acids is 1. The molecular formula is C12H16ClN3O3. The van der Waals surface area contributed by atoms with E-state index in [9.17, 15) is 14.9 Å². The lowest BCUT2D eigenvalue weighted by Gasteiger charge is -2.30. The summed E-state index contributed by atoms with van der Waals surface area (Å²) in [4.78, 5) is 24.3. The SMILES string of the molecule is Cn1c(C(=O)N2CCC(CCl)CC2)ccc1[N+](=O)[O-]. The number of hydrogen-bond donors (Lipinski definition) is 0. The number of likely N-dealkylation sites (tertiary alicyclic amines) is 1. The van der Waals surface area contributed by atoms with Crippen molar-refractivity contribution >= 4 is 23.3 Å². The largest absolute Gasteiger partial charge is 0.358 e. The van der Waals surface area contributed by atoms with Crippen molar-refractivity contribution in [2.45, 2.75) is 12.8 Å². The fraction of sp³-hybridized carbons (Fsp3) is 0.583. The van der Waals surface area contributed by atoms with Crippen LogP contribution >= 0.6 is 11.6 Å². The van der Waals surface area contributed by atoms with Crippen LogP contribution in [0.15, 0.2) is 12.1 Å². The Balaban J connectivity index is 2.10. The number of nitro groups is 1. The highest BCUT2D eigenvalue weighted by Gasteiger charge is 2.28. The van der Waals surface area contributed by atoms with Crippen LogP contribution in [-0.4, -0.2) is 39.3 Å². The topological polar surface area (TPSA) is 68.4 Å². The second-order valence-electron chi connectivity index (χ2n) is 4.78. The van der Waals surface area contributed by atoms with Gasteiger partial charge in [0.2, 0.25) is 0 Å². The van der Waals surface area contributed by atoms with E-state index in [-0.39, 0.29) is 11.7 Å². The second-order valence-corrected chi connectivity index (χ2v) is 5.09. The summed E-state index contributed by atoms with van der Waals surface area (Å²) < 4.78 is 1.33. The zero-order valence-corrected chi connectivity index (χ0v) is 11.5. The van der Waals surface area contributed by atoms with Gasteiger partial charge in [-0.25, -0.2) is 4.57 Å². The van der Waals surface area contributed by atoms with Gasteiger partial charge in [-0.3, -0.25) is 4.79 Å². The number of aromatic nitrogens is 1. The van der Waals surface area contributed by atoms with Crippen molar-refractivity contribution in [3.63, 3.8) is 0 Å². The van der Waals surface area contributed by atoms with Crippen LogP contribution in [0.3, 0.4) is 0 Å². The molecule has 1 fully saturated rings. The number of halogens is 1. The predicted molar refractivity (Wildman–Crippen MR) is 71.4 cm³/mol. The fourth-order valence-electron chi connectivity index (χ4n) is 2.35. The minimum atomic E-state index is -0.490. The Morgan fingerprint density at radius 2 is 2.11 bits per heavy atom. The molecule has 0 unspecified atom stereocenters. The molecule has 1 aromatic heterocycles. The quantitative estimate of drug-likeness (QED) is 0.485. The smallest absolute Gasteiger partial charge is 0.323 e. The van der Waals surface area contributed by atoms with Gasteiger partial charge in [0.15, 0.2) is 5.69 Å². The van der Waals surface area contributed by atoms with Gasteiger partial charge in [-0.2, -0.15) is 0 Å². The van der Waals surface area contributed by atoms with E-state index in [0.717, 1.165) is 12.8 Å². The van der Waals surface area contributed by atoms with Crippen LogP contribution in [0.2, 0.25) is 0 Å². The normalized spacial score (nSPS) is 16.6. The highest BCUT2D eigenvalue weighted by atomic mass is 35.5. The van der Waals surface area contributed by atoms with Crippen molar-refractivity contribution in [1.82, 2.24) is 9.47 Å². The molecule has 0 radical (unpaired) electrons. The number of hydrogen-bond acceptors (Lipinski definition) is 3. The van der Waals surface area contributed by atoms with Crippen LogP contribution in [-0.2, 0) is 7.05 Å². The molecule has 0 atom stereocenters. The summed E-state index contributed by atoms with van der Waals surface area (Å²) in [7, 11) is 1.54. The maximum Gasteiger partial charge on any atom is 0.323 e. The minimum Gasteiger partial charge on any atom is -0.358 e. The predicted octanol–water partition coefficient (Wildman–Crippen LogP) is 2.02. The Kier molecular flexibility index (Phi) is 4.09. The molecule has 104 valence electrons. The first kappa shape index (κ1) is 13.9. The first-order valence-corrected chi connectivity index (χ1v) is 6.73. The summed E-state index contributed by atoms with van der Waals surface area (Å²) in [5, 5.41) is 10.8. The van der Waals surface area contributed by atoms with Crippen LogP contribution in [0.4, 0.5) is 5.82 Å². The van der Waals surface area contributed by atoms with Gasteiger partial charge in [-0.15, -0.1) is 11.6 Å². The number of rotatable bonds is 3. The number of piperidine rings is 1. The molecule has 0 bridgehead atoms. The van der Waals surface area contributed by atoms with E-state index in [4.69, 9.17) is 11.6 Å². The number of carbonyl (C=O) groups is 1. The fourth-order valence-corrected chi connectivity index (χ4v) is 2.66. The van der Waals surface area contributed by atoms with Crippen molar-refractivity contribution in [3.05, 3.63) is 27.9 Å². The molecule has 2 rings (SSSR count). The van der Waals surface area contributed by atoms with Gasteiger partial charge in [-0.1, -0.05) is 0 Å². The van der Waals surface area contributed by atoms with Crippen LogP contribution in [0.25, 0.3) is 0 Å². The molecule has 0 saturated carbocycles. The summed E-state index contributed by atoms with van der Waals surface area (Å²) in [6.45, 7) is 1.32. The van der Waals surface area contributed by atoms with E-state index in [1.54, 1.807) is 4.90 Å². The molecule has 0 aromatic carbocycles. The maximum atomic E-state index is 12.3. The van der Waals surface area contributed by atoms with Crippen molar-refractivity contribution in [2.75, 3.05) is 19.0 Å². The Morgan fingerprint density at radius 3 is 2.58 bits per heavy atom. The van der Waals surface area contributed by atoms with Gasteiger partial charge < -0.3 is 15.0 Å². The molecule has 1 aromatic rings. The molecule has 7 heteroatoms. The number of alkyl halides is 1. The van der Waals surface area contributed by atoms with E-state index >= 15 is 0 Å². The Labute approximate surface area is 116 Å². The standard InChI is InChI=1S/C12H16ClN3O3/c1-14-10(2-3-11(14)16(18)19)12(17)15-6-4-9(8-13)5-7-15/h2-3,9H,4-8H2,1H3. The average Bonchev–Trinajstić information content (AvgIpc) is 2.80. The van der Waals surface area contributed by atoms with Gasteiger partial charge >= 0.3 is 5.82 Å². The molecule has 1 saturated heterocycles. The van der Waals surface area contributed by atoms with Gasteiger partial charge in [0.25, 0.3) is 5.91 Å². The second kappa shape index (κ2) is 5.61. The Morgan fingerprint density at radius 1 is 1.47 bits per heavy atom. The van der Waals surface area contributed by atoms with Crippen LogP contribution < -0.4 is 0 Å². The summed E-state index contributed by atoms with van der Waals surface area (Å²) in [5.74, 6) is 0.869. The number of nitrogens with zero attached hydrogens (tertiary/aromatic N) is 3. The third-order valence-electron chi connectivity index (χ3n) is 3.62. The molecule has 0 aliphatic carbocycles. The molecule has 1 amide bonds. The molecule has 0 spiro atoms. The number of amides is 1. The monoisotopic (exact) mass is 285 g/mol. The molecule has 2 heterocycles. The lowest BCUT2D eigenvalue weighted by molar-refractivity contribution is -0.391. The summed E-state index contributed by atoms with van der Waals surface area (Å²) >= 11 is 5.81. The average molecular weight is 286 g/mol. The van der Waals surface area contributed by atoms with E-state index < -0.39 is 4.92 Å². The van der Waals surface area contributed by atoms with E-state index in [1.807, 2.05) is 0 Å². The Hall–Kier alpha value is -1.56. The van der Waals surface area contributed by atoms with Gasteiger partial charge in [0.1, 0.15) is 0 Å². The van der Waals surface area contributed by atoms with Crippen molar-refractivity contribution in [3.8, 4) is 0 Å². The van der Waals surface area contributed by atoms with Crippen LogP contribution in [0.5, 0.6) is 0 Å². The van der Waals surface area contributed by atoms with Gasteiger partial charge in [0.05, 0.1) is 7.05 Å². The molecule has 1 aliphatic heterocycles. The van der Waals surface area contributed by atoms with Crippen molar-refractivity contribution in [1.29, 1.82) is 0 Å². The van der Waals surface area contributed by atoms with Gasteiger partial charge in [-0.05, 0) is 29.7 Å². The highest BCUT2D eigenvalue weighted by molar-refractivity contribution is 6.18. The minimum absolute atomic E-state index is 0.0704. The molecule has 0 N–H and O–H groups in total. The van der Waals surface area contributed by atoms with Crippen LogP contribution in [0.1, 0.15) is 23.3 Å². The lowest BCUT2D eigenvalue weighted by Crippen LogP contribution is -2.39. The van der Waals surface area contributed by atoms with E-state index in [1.165, 1.54) is 23.7 Å². The maximum absolute atomic E-state index is 12.3. The zero-order chi connectivity index (χ0) is 14.0. The summed E-state index contributed by atoms with van der Waals surface area (Å²) in [5.41, 5.74) is 0.357. The van der Waals surface area contributed by atoms with E-state index in [0.29, 0.717) is 30.6 Å². The zero-order valence-electron chi connectivity index (χ0n) is 10.7. The Bertz CT molecular complexity index is 492. The third-order valence-corrected chi connectivity index (χ3v) is 4.06. The van der Waals surface area contributed by atoms with Crippen molar-refractivity contribution in [2.24, 2.45) is 13.0 Å². The van der Waals surface area contributed by atoms with Crippen molar-refractivity contribution < 1.29 is 9.72 Å². The van der Waals surface area contributed by atoms with Crippen LogP contribution in [0, 0.1) is 16.0 Å². The molecule has 6 nitrogen and oxygen atoms in total.